The minimum absolute atomic E-state index is 0.518. The van der Waals surface area contributed by atoms with E-state index in [1.807, 2.05) is 5.92 Å². The van der Waals surface area contributed by atoms with E-state index in [9.17, 15) is 13.0 Å². The Bertz CT molecular complexity index is 339. The maximum absolute atomic E-state index is 11.4. The van der Waals surface area contributed by atoms with Crippen molar-refractivity contribution in [3.63, 3.8) is 0 Å². The molecule has 0 fully saturated rings. The number of terminal acetylenes is 1. The maximum Gasteiger partial charge on any atom is 0.428 e. The Morgan fingerprint density at radius 2 is 1.93 bits per heavy atom. The fraction of sp³-hybridized carbons (Fsp3) is 0.667. The summed E-state index contributed by atoms with van der Waals surface area (Å²) in [5.41, 5.74) is 0. The number of hydrogen-bond donors (Lipinski definition) is 0. The van der Waals surface area contributed by atoms with Gasteiger partial charge in [0.1, 0.15) is 6.61 Å². The van der Waals surface area contributed by atoms with E-state index in [0.29, 0.717) is 0 Å². The van der Waals surface area contributed by atoms with Crippen LogP contribution in [0.2, 0.25) is 0 Å². The zero-order chi connectivity index (χ0) is 11.9. The summed E-state index contributed by atoms with van der Waals surface area (Å²) >= 11 is 0. The predicted octanol–water partition coefficient (Wildman–Crippen LogP) is 0.0934. The molecule has 15 heavy (non-hydrogen) atoms. The summed E-state index contributed by atoms with van der Waals surface area (Å²) in [4.78, 5) is 0. The van der Waals surface area contributed by atoms with E-state index in [4.69, 9.17) is 6.42 Å². The van der Waals surface area contributed by atoms with Gasteiger partial charge in [-0.25, -0.2) is 9.09 Å². The Kier molecular flexibility index (Phi) is 5.90. The Morgan fingerprint density at radius 3 is 2.27 bits per heavy atom. The van der Waals surface area contributed by atoms with Crippen molar-refractivity contribution in [1.82, 2.24) is 0 Å². The summed E-state index contributed by atoms with van der Waals surface area (Å²) in [6.45, 7) is -0.518. The van der Waals surface area contributed by atoms with Gasteiger partial charge in [-0.2, -0.15) is 8.42 Å². The van der Waals surface area contributed by atoms with Gasteiger partial charge in [-0.05, 0) is 0 Å². The summed E-state index contributed by atoms with van der Waals surface area (Å²) in [6, 6.07) is 0. The summed E-state index contributed by atoms with van der Waals surface area (Å²) in [5.74, 6) is 1.94. The smallest absolute Gasteiger partial charge is 0.316 e. The highest BCUT2D eigenvalue weighted by atomic mass is 32.2. The quantitative estimate of drug-likeness (QED) is 0.276. The van der Waals surface area contributed by atoms with Crippen molar-refractivity contribution in [3.05, 3.63) is 0 Å². The molecule has 9 heteroatoms. The lowest BCUT2D eigenvalue weighted by Crippen LogP contribution is -2.44. The molecule has 0 amide bonds. The lowest BCUT2D eigenvalue weighted by molar-refractivity contribution is -0.258. The van der Waals surface area contributed by atoms with E-state index in [1.165, 1.54) is 0 Å². The Balaban J connectivity index is 5.06. The summed E-state index contributed by atoms with van der Waals surface area (Å²) in [6.07, 6.45) is 4.81. The molecule has 0 aliphatic carbocycles. The second-order valence-electron chi connectivity index (χ2n) is 1.99. The molecule has 0 aromatic carbocycles. The third-order valence-corrected chi connectivity index (χ3v) is 3.15. The third-order valence-electron chi connectivity index (χ3n) is 1.25. The monoisotopic (exact) mass is 256 g/mol. The van der Waals surface area contributed by atoms with Gasteiger partial charge in [-0.1, -0.05) is 5.92 Å². The van der Waals surface area contributed by atoms with E-state index >= 15 is 0 Å². The van der Waals surface area contributed by atoms with Crippen molar-refractivity contribution >= 4 is 18.8 Å². The first-order valence-corrected chi connectivity index (χ1v) is 5.57. The van der Waals surface area contributed by atoms with E-state index in [-0.39, 0.29) is 0 Å². The van der Waals surface area contributed by atoms with Gasteiger partial charge in [-0.15, -0.1) is 6.42 Å². The molecule has 7 nitrogen and oxygen atoms in total. The van der Waals surface area contributed by atoms with Crippen LogP contribution in [0.15, 0.2) is 0 Å². The lowest BCUT2D eigenvalue weighted by Gasteiger charge is -2.24. The van der Waals surface area contributed by atoms with Crippen molar-refractivity contribution in [1.29, 1.82) is 0 Å². The first kappa shape index (κ1) is 14.5. The number of rotatable bonds is 7. The molecule has 0 aliphatic rings. The SMILES string of the molecule is C#CCOS(=O)(=O)C(OC)(OC)OP=O. The molecule has 0 aromatic heterocycles. The summed E-state index contributed by atoms with van der Waals surface area (Å²) in [5, 5.41) is -2.59. The van der Waals surface area contributed by atoms with E-state index in [0.717, 1.165) is 14.2 Å². The molecule has 0 radical (unpaired) electrons. The fourth-order valence-electron chi connectivity index (χ4n) is 0.637. The number of hydrogen-bond acceptors (Lipinski definition) is 7. The van der Waals surface area contributed by atoms with Crippen LogP contribution in [-0.2, 0) is 32.9 Å². The molecule has 0 heterocycles. The van der Waals surface area contributed by atoms with Crippen molar-refractivity contribution in [2.75, 3.05) is 20.8 Å². The molecule has 86 valence electrons. The summed E-state index contributed by atoms with van der Waals surface area (Å²) in [7, 11) is -3.42. The van der Waals surface area contributed by atoms with Crippen LogP contribution in [-0.4, -0.2) is 34.5 Å². The molecule has 0 spiro atoms. The number of ether oxygens (including phenoxy) is 2. The largest absolute Gasteiger partial charge is 0.428 e. The van der Waals surface area contributed by atoms with Crippen molar-refractivity contribution in [2.24, 2.45) is 0 Å². The van der Waals surface area contributed by atoms with Gasteiger partial charge in [-0.3, -0.25) is 4.18 Å². The molecule has 0 N–H and O–H groups in total. The topological polar surface area (TPSA) is 88.1 Å². The molecule has 0 bridgehead atoms. The molecule has 0 rings (SSSR count). The normalized spacial score (nSPS) is 12.6. The van der Waals surface area contributed by atoms with Gasteiger partial charge in [0.05, 0.1) is 0 Å². The second kappa shape index (κ2) is 6.12. The Labute approximate surface area is 89.1 Å². The van der Waals surface area contributed by atoms with Crippen LogP contribution in [0.5, 0.6) is 0 Å². The highest BCUT2D eigenvalue weighted by Gasteiger charge is 2.49. The maximum atomic E-state index is 11.4. The molecular formula is C6H9O7PS. The Morgan fingerprint density at radius 1 is 1.40 bits per heavy atom. The van der Waals surface area contributed by atoms with Gasteiger partial charge in [0.25, 0.3) is 0 Å². The molecule has 0 saturated heterocycles. The lowest BCUT2D eigenvalue weighted by atomic mass is 10.8. The van der Waals surface area contributed by atoms with Crippen LogP contribution >= 0.6 is 8.69 Å². The zero-order valence-electron chi connectivity index (χ0n) is 8.00. The van der Waals surface area contributed by atoms with Crippen LogP contribution in [0, 0.1) is 12.3 Å². The van der Waals surface area contributed by atoms with Gasteiger partial charge >= 0.3 is 24.1 Å². The standard InChI is InChI=1S/C6H9O7PS/c1-4-5-12-15(8,9)6(10-2,11-3)13-14-7/h1H,5H2,2-3H3. The first-order valence-electron chi connectivity index (χ1n) is 3.43. The molecule has 0 saturated carbocycles. The van der Waals surface area contributed by atoms with Gasteiger partial charge in [0.15, 0.2) is 0 Å². The van der Waals surface area contributed by atoms with Crippen molar-refractivity contribution in [2.45, 2.75) is 5.31 Å². The van der Waals surface area contributed by atoms with Crippen molar-refractivity contribution in [3.8, 4) is 12.3 Å². The van der Waals surface area contributed by atoms with Gasteiger partial charge in [0, 0.05) is 14.2 Å². The van der Waals surface area contributed by atoms with Crippen LogP contribution in [0.1, 0.15) is 0 Å². The predicted molar refractivity (Wildman–Crippen MR) is 49.1 cm³/mol. The van der Waals surface area contributed by atoms with Gasteiger partial charge in [0.2, 0.25) is 0 Å². The zero-order valence-corrected chi connectivity index (χ0v) is 9.71. The third kappa shape index (κ3) is 3.21. The molecule has 0 unspecified atom stereocenters. The minimum Gasteiger partial charge on any atom is -0.316 e. The van der Waals surface area contributed by atoms with E-state index in [2.05, 4.69) is 18.2 Å². The van der Waals surface area contributed by atoms with Crippen molar-refractivity contribution < 1.29 is 31.2 Å². The Hall–Kier alpha value is -0.550. The molecule has 0 aromatic rings. The van der Waals surface area contributed by atoms with E-state index in [1.54, 1.807) is 0 Å². The second-order valence-corrected chi connectivity index (χ2v) is 3.97. The number of methoxy groups -OCH3 is 2. The molecule has 0 atom stereocenters. The minimum atomic E-state index is -4.42. The highest BCUT2D eigenvalue weighted by Crippen LogP contribution is 2.27. The average molecular weight is 256 g/mol. The highest BCUT2D eigenvalue weighted by molar-refractivity contribution is 7.87. The van der Waals surface area contributed by atoms with Crippen LogP contribution in [0.4, 0.5) is 0 Å². The van der Waals surface area contributed by atoms with Gasteiger partial charge < -0.3 is 9.47 Å². The first-order chi connectivity index (χ1) is 6.99. The molecule has 0 aliphatic heterocycles. The van der Waals surface area contributed by atoms with Crippen LogP contribution in [0.25, 0.3) is 0 Å². The van der Waals surface area contributed by atoms with Crippen LogP contribution in [0.3, 0.4) is 0 Å². The average Bonchev–Trinajstić information content (AvgIpc) is 2.23. The summed E-state index contributed by atoms with van der Waals surface area (Å²) < 4.78 is 50.6. The molecular weight excluding hydrogens is 247 g/mol. The van der Waals surface area contributed by atoms with E-state index < -0.39 is 30.7 Å². The van der Waals surface area contributed by atoms with Crippen LogP contribution < -0.4 is 0 Å². The fourth-order valence-corrected chi connectivity index (χ4v) is 2.11.